The number of rotatable bonds is 5. The van der Waals surface area contributed by atoms with E-state index in [1.54, 1.807) is 24.7 Å². The van der Waals surface area contributed by atoms with Gasteiger partial charge in [0.1, 0.15) is 5.75 Å². The molecule has 4 nitrogen and oxygen atoms in total. The predicted octanol–water partition coefficient (Wildman–Crippen LogP) is 2.96. The minimum atomic E-state index is -4.32. The zero-order chi connectivity index (χ0) is 13.7. The monoisotopic (exact) mass is 271 g/mol. The van der Waals surface area contributed by atoms with E-state index in [1.807, 2.05) is 0 Å². The van der Waals surface area contributed by atoms with Crippen molar-refractivity contribution >= 4 is 5.69 Å². The molecule has 0 unspecified atom stereocenters. The van der Waals surface area contributed by atoms with Gasteiger partial charge in [-0.25, -0.2) is 4.98 Å². The smallest absolute Gasteiger partial charge is 0.422 e. The van der Waals surface area contributed by atoms with Gasteiger partial charge in [-0.3, -0.25) is 0 Å². The lowest BCUT2D eigenvalue weighted by molar-refractivity contribution is -0.153. The van der Waals surface area contributed by atoms with E-state index in [9.17, 15) is 13.2 Å². The van der Waals surface area contributed by atoms with Gasteiger partial charge >= 0.3 is 6.18 Å². The molecule has 2 aromatic rings. The minimum Gasteiger partial charge on any atom is -0.484 e. The summed E-state index contributed by atoms with van der Waals surface area (Å²) in [5.41, 5.74) is 1.70. The highest BCUT2D eigenvalue weighted by Crippen LogP contribution is 2.20. The Hall–Kier alpha value is -2.18. The topological polar surface area (TPSA) is 49.9 Å². The van der Waals surface area contributed by atoms with Gasteiger partial charge in [-0.05, 0) is 24.3 Å². The van der Waals surface area contributed by atoms with Gasteiger partial charge in [-0.1, -0.05) is 0 Å². The third kappa shape index (κ3) is 4.53. The molecule has 7 heteroatoms. The van der Waals surface area contributed by atoms with Crippen molar-refractivity contribution in [3.63, 3.8) is 0 Å². The maximum atomic E-state index is 12.0. The van der Waals surface area contributed by atoms with Crippen molar-refractivity contribution in [1.29, 1.82) is 0 Å². The second-order valence-electron chi connectivity index (χ2n) is 3.86. The van der Waals surface area contributed by atoms with Crippen LogP contribution in [0.4, 0.5) is 18.9 Å². The molecule has 0 spiro atoms. The van der Waals surface area contributed by atoms with Crippen molar-refractivity contribution in [3.05, 3.63) is 42.5 Å². The molecule has 2 N–H and O–H groups in total. The highest BCUT2D eigenvalue weighted by molar-refractivity contribution is 5.46. The van der Waals surface area contributed by atoms with E-state index in [1.165, 1.54) is 12.1 Å². The molecule has 0 saturated carbocycles. The number of hydrogen-bond acceptors (Lipinski definition) is 3. The van der Waals surface area contributed by atoms with E-state index in [0.29, 0.717) is 6.54 Å². The Bertz CT molecular complexity index is 494. The summed E-state index contributed by atoms with van der Waals surface area (Å²) >= 11 is 0. The predicted molar refractivity (Wildman–Crippen MR) is 63.9 cm³/mol. The molecule has 0 fully saturated rings. The zero-order valence-electron chi connectivity index (χ0n) is 9.87. The average molecular weight is 271 g/mol. The molecule has 102 valence electrons. The van der Waals surface area contributed by atoms with Crippen LogP contribution in [0, 0.1) is 0 Å². The van der Waals surface area contributed by atoms with Gasteiger partial charge in [0.15, 0.2) is 6.61 Å². The highest BCUT2D eigenvalue weighted by atomic mass is 19.4. The number of nitrogens with one attached hydrogen (secondary N) is 2. The Balaban J connectivity index is 1.84. The van der Waals surface area contributed by atoms with Gasteiger partial charge in [0.2, 0.25) is 0 Å². The highest BCUT2D eigenvalue weighted by Gasteiger charge is 2.28. The normalized spacial score (nSPS) is 11.3. The molecule has 2 rings (SSSR count). The fourth-order valence-corrected chi connectivity index (χ4v) is 1.41. The molecular weight excluding hydrogens is 259 g/mol. The van der Waals surface area contributed by atoms with Crippen molar-refractivity contribution < 1.29 is 17.9 Å². The molecule has 0 amide bonds. The Kier molecular flexibility index (Phi) is 3.94. The number of aromatic amines is 1. The van der Waals surface area contributed by atoms with Crippen LogP contribution in [-0.4, -0.2) is 22.8 Å². The summed E-state index contributed by atoms with van der Waals surface area (Å²) < 4.78 is 40.5. The molecule has 0 bridgehead atoms. The third-order valence-corrected chi connectivity index (χ3v) is 2.29. The average Bonchev–Trinajstić information content (AvgIpc) is 2.87. The molecule has 19 heavy (non-hydrogen) atoms. The fraction of sp³-hybridized carbons (Fsp3) is 0.250. The van der Waals surface area contributed by atoms with Gasteiger partial charge in [-0.15, -0.1) is 0 Å². The van der Waals surface area contributed by atoms with Crippen LogP contribution in [0.2, 0.25) is 0 Å². The molecule has 0 saturated heterocycles. The van der Waals surface area contributed by atoms with Crippen LogP contribution in [0.15, 0.2) is 36.8 Å². The summed E-state index contributed by atoms with van der Waals surface area (Å²) in [5, 5.41) is 3.10. The number of halogens is 3. The number of ether oxygens (including phenoxy) is 1. The van der Waals surface area contributed by atoms with Gasteiger partial charge in [0, 0.05) is 11.9 Å². The molecule has 1 heterocycles. The van der Waals surface area contributed by atoms with Crippen molar-refractivity contribution in [2.45, 2.75) is 12.7 Å². The fourth-order valence-electron chi connectivity index (χ4n) is 1.41. The molecule has 0 aliphatic carbocycles. The van der Waals surface area contributed by atoms with Gasteiger partial charge < -0.3 is 15.0 Å². The van der Waals surface area contributed by atoms with Crippen LogP contribution in [0.3, 0.4) is 0 Å². The lowest BCUT2D eigenvalue weighted by atomic mass is 10.3. The Morgan fingerprint density at radius 2 is 1.95 bits per heavy atom. The minimum absolute atomic E-state index is 0.185. The number of nitrogens with zero attached hydrogens (tertiary/aromatic N) is 1. The lowest BCUT2D eigenvalue weighted by Gasteiger charge is -2.10. The summed E-state index contributed by atoms with van der Waals surface area (Å²) in [6, 6.07) is 6.28. The molecule has 1 aromatic heterocycles. The van der Waals surface area contributed by atoms with Crippen molar-refractivity contribution in [2.75, 3.05) is 11.9 Å². The van der Waals surface area contributed by atoms with E-state index in [-0.39, 0.29) is 5.75 Å². The number of imidazole rings is 1. The summed E-state index contributed by atoms with van der Waals surface area (Å²) in [7, 11) is 0. The van der Waals surface area contributed by atoms with Crippen LogP contribution in [0.1, 0.15) is 5.69 Å². The molecule has 0 radical (unpaired) electrons. The quantitative estimate of drug-likeness (QED) is 0.879. The molecule has 1 aromatic carbocycles. The Labute approximate surface area is 107 Å². The first kappa shape index (κ1) is 13.3. The molecule has 0 aliphatic heterocycles. The summed E-state index contributed by atoms with van der Waals surface area (Å²) in [6.07, 6.45) is -1.06. The molecule has 0 aliphatic rings. The zero-order valence-corrected chi connectivity index (χ0v) is 9.87. The van der Waals surface area contributed by atoms with E-state index < -0.39 is 12.8 Å². The van der Waals surface area contributed by atoms with E-state index in [2.05, 4.69) is 20.0 Å². The number of hydrogen-bond donors (Lipinski definition) is 2. The lowest BCUT2D eigenvalue weighted by Crippen LogP contribution is -2.19. The van der Waals surface area contributed by atoms with Gasteiger partial charge in [0.05, 0.1) is 18.6 Å². The molecular formula is C12H12F3N3O. The maximum absolute atomic E-state index is 12.0. The Morgan fingerprint density at radius 3 is 2.53 bits per heavy atom. The van der Waals surface area contributed by atoms with Crippen molar-refractivity contribution in [3.8, 4) is 5.75 Å². The second kappa shape index (κ2) is 5.64. The number of benzene rings is 1. The first-order valence-electron chi connectivity index (χ1n) is 5.54. The van der Waals surface area contributed by atoms with Crippen LogP contribution in [0.25, 0.3) is 0 Å². The molecule has 0 atom stereocenters. The number of alkyl halides is 3. The largest absolute Gasteiger partial charge is 0.484 e. The SMILES string of the molecule is FC(F)(F)COc1ccc(NCc2cnc[nH]2)cc1. The van der Waals surface area contributed by atoms with E-state index >= 15 is 0 Å². The number of H-pyrrole nitrogens is 1. The van der Waals surface area contributed by atoms with Crippen molar-refractivity contribution in [1.82, 2.24) is 9.97 Å². The number of anilines is 1. The standard InChI is InChI=1S/C12H12F3N3O/c13-12(14,15)7-19-11-3-1-9(2-4-11)17-6-10-5-16-8-18-10/h1-5,8,17H,6-7H2,(H,16,18). The van der Waals surface area contributed by atoms with Crippen LogP contribution >= 0.6 is 0 Å². The number of aromatic nitrogens is 2. The first-order valence-corrected chi connectivity index (χ1v) is 5.54. The van der Waals surface area contributed by atoms with Crippen LogP contribution < -0.4 is 10.1 Å². The third-order valence-electron chi connectivity index (χ3n) is 2.29. The summed E-state index contributed by atoms with van der Waals surface area (Å²) in [6.45, 7) is -0.726. The van der Waals surface area contributed by atoms with E-state index in [4.69, 9.17) is 0 Å². The van der Waals surface area contributed by atoms with Crippen LogP contribution in [-0.2, 0) is 6.54 Å². The van der Waals surface area contributed by atoms with Crippen LogP contribution in [0.5, 0.6) is 5.75 Å². The first-order chi connectivity index (χ1) is 9.03. The Morgan fingerprint density at radius 1 is 1.21 bits per heavy atom. The van der Waals surface area contributed by atoms with Gasteiger partial charge in [0.25, 0.3) is 0 Å². The van der Waals surface area contributed by atoms with E-state index in [0.717, 1.165) is 11.4 Å². The summed E-state index contributed by atoms with van der Waals surface area (Å²) in [4.78, 5) is 6.81. The van der Waals surface area contributed by atoms with Crippen molar-refractivity contribution in [2.24, 2.45) is 0 Å². The maximum Gasteiger partial charge on any atom is 0.422 e. The second-order valence-corrected chi connectivity index (χ2v) is 3.86. The van der Waals surface area contributed by atoms with Gasteiger partial charge in [-0.2, -0.15) is 13.2 Å². The summed E-state index contributed by atoms with van der Waals surface area (Å²) in [5.74, 6) is 0.185.